The van der Waals surface area contributed by atoms with Crippen molar-refractivity contribution in [3.63, 3.8) is 0 Å². The summed E-state index contributed by atoms with van der Waals surface area (Å²) in [5.41, 5.74) is 1.29. The van der Waals surface area contributed by atoms with Crippen LogP contribution < -0.4 is 0 Å². The van der Waals surface area contributed by atoms with Crippen LogP contribution in [0, 0.1) is 16.0 Å². The maximum absolute atomic E-state index is 13.0. The van der Waals surface area contributed by atoms with Crippen molar-refractivity contribution in [2.24, 2.45) is 5.92 Å². The molecule has 0 radical (unpaired) electrons. The third-order valence-electron chi connectivity index (χ3n) is 4.95. The average Bonchev–Trinajstić information content (AvgIpc) is 2.85. The first-order valence-corrected chi connectivity index (χ1v) is 8.93. The molecular formula is C19H23N3O4. The quantitative estimate of drug-likeness (QED) is 0.470. The molecule has 0 aromatic heterocycles. The van der Waals surface area contributed by atoms with Gasteiger partial charge in [-0.25, -0.2) is 0 Å². The molecule has 1 fully saturated rings. The molecule has 26 heavy (non-hydrogen) atoms. The number of hydrogen-bond donors (Lipinski definition) is 0. The maximum atomic E-state index is 13.0. The Bertz CT molecular complexity index is 782. The highest BCUT2D eigenvalue weighted by molar-refractivity contribution is 6.35. The van der Waals surface area contributed by atoms with Crippen molar-refractivity contribution in [1.29, 1.82) is 0 Å². The van der Waals surface area contributed by atoms with Crippen molar-refractivity contribution < 1.29 is 14.5 Å². The van der Waals surface area contributed by atoms with Gasteiger partial charge in [0.2, 0.25) is 0 Å². The molecular weight excluding hydrogens is 334 g/mol. The predicted molar refractivity (Wildman–Crippen MR) is 97.0 cm³/mol. The Labute approximate surface area is 152 Å². The molecule has 138 valence electrons. The summed E-state index contributed by atoms with van der Waals surface area (Å²) in [4.78, 5) is 39.7. The Balaban J connectivity index is 2.09. The number of nitro benzene ring substituents is 1. The molecule has 1 atom stereocenters. The molecule has 7 heteroatoms. The molecule has 3 rings (SSSR count). The minimum atomic E-state index is -0.479. The molecule has 0 bridgehead atoms. The fourth-order valence-corrected chi connectivity index (χ4v) is 3.70. The number of benzene rings is 1. The number of amides is 2. The number of imide groups is 1. The maximum Gasteiger partial charge on any atom is 0.278 e. The summed E-state index contributed by atoms with van der Waals surface area (Å²) in [6.07, 6.45) is 2.08. The van der Waals surface area contributed by atoms with Crippen LogP contribution in [0.5, 0.6) is 0 Å². The second kappa shape index (κ2) is 6.90. The van der Waals surface area contributed by atoms with Crippen LogP contribution in [0.2, 0.25) is 0 Å². The summed E-state index contributed by atoms with van der Waals surface area (Å²) in [6.45, 7) is 7.23. The highest BCUT2D eigenvalue weighted by Crippen LogP contribution is 2.35. The Morgan fingerprint density at radius 3 is 2.35 bits per heavy atom. The number of carbonyl (C=O) groups excluding carboxylic acids is 2. The fourth-order valence-electron chi connectivity index (χ4n) is 3.70. The van der Waals surface area contributed by atoms with Gasteiger partial charge in [0.15, 0.2) is 0 Å². The first-order chi connectivity index (χ1) is 12.3. The van der Waals surface area contributed by atoms with E-state index in [1.54, 1.807) is 12.1 Å². The lowest BCUT2D eigenvalue weighted by atomic mass is 9.97. The number of carbonyl (C=O) groups is 2. The zero-order valence-electron chi connectivity index (χ0n) is 15.3. The van der Waals surface area contributed by atoms with Gasteiger partial charge in [-0.05, 0) is 50.3 Å². The SMILES string of the molecule is CC1CCCN(C2=C(c3ccc([N+](=O)[O-])cc3)C(=O)N(C(C)C)C2=O)C1. The molecule has 7 nitrogen and oxygen atoms in total. The van der Waals surface area contributed by atoms with Gasteiger partial charge in [-0.15, -0.1) is 0 Å². The van der Waals surface area contributed by atoms with E-state index in [0.717, 1.165) is 25.9 Å². The number of non-ortho nitro benzene ring substituents is 1. The van der Waals surface area contributed by atoms with Gasteiger partial charge in [-0.2, -0.15) is 0 Å². The van der Waals surface area contributed by atoms with Crippen molar-refractivity contribution in [1.82, 2.24) is 9.80 Å². The zero-order valence-corrected chi connectivity index (χ0v) is 15.3. The van der Waals surface area contributed by atoms with Gasteiger partial charge in [0.25, 0.3) is 17.5 Å². The first-order valence-electron chi connectivity index (χ1n) is 8.93. The van der Waals surface area contributed by atoms with E-state index < -0.39 is 4.92 Å². The Kier molecular flexibility index (Phi) is 4.80. The summed E-state index contributed by atoms with van der Waals surface area (Å²) in [7, 11) is 0. The lowest BCUT2D eigenvalue weighted by Gasteiger charge is -2.33. The summed E-state index contributed by atoms with van der Waals surface area (Å²) in [5, 5.41) is 10.9. The minimum absolute atomic E-state index is 0.0417. The van der Waals surface area contributed by atoms with Gasteiger partial charge < -0.3 is 4.90 Å². The van der Waals surface area contributed by atoms with Gasteiger partial charge in [0.05, 0.1) is 10.5 Å². The topological polar surface area (TPSA) is 83.8 Å². The third kappa shape index (κ3) is 3.09. The van der Waals surface area contributed by atoms with E-state index in [9.17, 15) is 19.7 Å². The van der Waals surface area contributed by atoms with Crippen molar-refractivity contribution in [2.45, 2.75) is 39.7 Å². The Morgan fingerprint density at radius 2 is 1.81 bits per heavy atom. The fraction of sp³-hybridized carbons (Fsp3) is 0.474. The van der Waals surface area contributed by atoms with Crippen molar-refractivity contribution >= 4 is 23.1 Å². The molecule has 0 aliphatic carbocycles. The highest BCUT2D eigenvalue weighted by atomic mass is 16.6. The first kappa shape index (κ1) is 18.1. The second-order valence-electron chi connectivity index (χ2n) is 7.30. The second-order valence-corrected chi connectivity index (χ2v) is 7.30. The van der Waals surface area contributed by atoms with E-state index in [1.807, 2.05) is 18.7 Å². The van der Waals surface area contributed by atoms with Crippen LogP contribution in [0.3, 0.4) is 0 Å². The van der Waals surface area contributed by atoms with E-state index in [2.05, 4.69) is 6.92 Å². The predicted octanol–water partition coefficient (Wildman–Crippen LogP) is 2.82. The average molecular weight is 357 g/mol. The summed E-state index contributed by atoms with van der Waals surface area (Å²) < 4.78 is 0. The monoisotopic (exact) mass is 357 g/mol. The number of nitro groups is 1. The van der Waals surface area contributed by atoms with E-state index in [-0.39, 0.29) is 23.5 Å². The van der Waals surface area contributed by atoms with E-state index in [1.165, 1.54) is 17.0 Å². The highest BCUT2D eigenvalue weighted by Gasteiger charge is 2.43. The molecule has 1 saturated heterocycles. The van der Waals surface area contributed by atoms with Crippen LogP contribution in [0.25, 0.3) is 5.57 Å². The van der Waals surface area contributed by atoms with Crippen LogP contribution in [0.1, 0.15) is 39.2 Å². The molecule has 0 spiro atoms. The summed E-state index contributed by atoms with van der Waals surface area (Å²) >= 11 is 0. The number of piperidine rings is 1. The molecule has 0 N–H and O–H groups in total. The smallest absolute Gasteiger partial charge is 0.278 e. The van der Waals surface area contributed by atoms with Crippen LogP contribution in [0.15, 0.2) is 30.0 Å². The molecule has 0 saturated carbocycles. The van der Waals surface area contributed by atoms with Crippen molar-refractivity contribution in [3.05, 3.63) is 45.6 Å². The molecule has 1 aromatic rings. The van der Waals surface area contributed by atoms with Crippen molar-refractivity contribution in [3.8, 4) is 0 Å². The summed E-state index contributed by atoms with van der Waals surface area (Å²) in [5.74, 6) is -0.148. The van der Waals surface area contributed by atoms with Crippen LogP contribution >= 0.6 is 0 Å². The Hall–Kier alpha value is -2.70. The van der Waals surface area contributed by atoms with Gasteiger partial charge in [0.1, 0.15) is 5.70 Å². The Morgan fingerprint density at radius 1 is 1.15 bits per heavy atom. The lowest BCUT2D eigenvalue weighted by Crippen LogP contribution is -2.41. The molecule has 2 aliphatic rings. The molecule has 2 heterocycles. The van der Waals surface area contributed by atoms with Crippen LogP contribution in [0.4, 0.5) is 5.69 Å². The number of likely N-dealkylation sites (tertiary alicyclic amines) is 1. The van der Waals surface area contributed by atoms with Crippen LogP contribution in [-0.4, -0.2) is 45.7 Å². The molecule has 1 unspecified atom stereocenters. The van der Waals surface area contributed by atoms with Crippen molar-refractivity contribution in [2.75, 3.05) is 13.1 Å². The van der Waals surface area contributed by atoms with Gasteiger partial charge in [-0.1, -0.05) is 6.92 Å². The number of nitrogens with zero attached hydrogens (tertiary/aromatic N) is 3. The summed E-state index contributed by atoms with van der Waals surface area (Å²) in [6, 6.07) is 5.59. The standard InChI is InChI=1S/C19H23N3O4/c1-12(2)21-18(23)16(14-6-8-15(9-7-14)22(25)26)17(19(21)24)20-10-4-5-13(3)11-20/h6-9,12-13H,4-5,10-11H2,1-3H3. The van der Waals surface area contributed by atoms with Crippen LogP contribution in [-0.2, 0) is 9.59 Å². The number of rotatable bonds is 4. The minimum Gasteiger partial charge on any atom is -0.366 e. The van der Waals surface area contributed by atoms with Gasteiger partial charge in [-0.3, -0.25) is 24.6 Å². The lowest BCUT2D eigenvalue weighted by molar-refractivity contribution is -0.384. The van der Waals surface area contributed by atoms with Gasteiger partial charge in [0, 0.05) is 31.3 Å². The van der Waals surface area contributed by atoms with E-state index >= 15 is 0 Å². The molecule has 2 aliphatic heterocycles. The third-order valence-corrected chi connectivity index (χ3v) is 4.95. The number of hydrogen-bond acceptors (Lipinski definition) is 5. The van der Waals surface area contributed by atoms with Gasteiger partial charge >= 0.3 is 0 Å². The molecule has 2 amide bonds. The normalized spacial score (nSPS) is 21.2. The molecule has 1 aromatic carbocycles. The van der Waals surface area contributed by atoms with E-state index in [4.69, 9.17) is 0 Å². The largest absolute Gasteiger partial charge is 0.366 e. The zero-order chi connectivity index (χ0) is 19.0. The van der Waals surface area contributed by atoms with E-state index in [0.29, 0.717) is 22.8 Å².